The summed E-state index contributed by atoms with van der Waals surface area (Å²) in [6, 6.07) is 0. The Morgan fingerprint density at radius 1 is 1.03 bits per heavy atom. The minimum Gasteiger partial charge on any atom is -0.393 e. The normalized spacial score (nSPS) is 49.2. The van der Waals surface area contributed by atoms with Gasteiger partial charge in [0.25, 0.3) is 0 Å². The van der Waals surface area contributed by atoms with Crippen LogP contribution in [0.25, 0.3) is 0 Å². The molecule has 0 aromatic heterocycles. The molecule has 2 N–H and O–H groups in total. The van der Waals surface area contributed by atoms with E-state index in [1.54, 1.807) is 5.57 Å². The molecular weight excluding hydrogens is 396 g/mol. The SMILES string of the molecule is CC[C@@H](CC[C@@H](C)[C@H]1CCC2=C3[C@H](O)[C@@H]4O[C@@]45C[C@@H](O)CC[C@]5(C)[C@H]3CC[C@@]21C)C(C)C. The molecule has 4 fully saturated rings. The molecule has 32 heavy (non-hydrogen) atoms. The molecule has 0 aromatic rings. The van der Waals surface area contributed by atoms with E-state index >= 15 is 0 Å². The Balaban J connectivity index is 1.41. The maximum Gasteiger partial charge on any atom is 0.118 e. The van der Waals surface area contributed by atoms with Gasteiger partial charge >= 0.3 is 0 Å². The summed E-state index contributed by atoms with van der Waals surface area (Å²) in [6.45, 7) is 14.6. The maximum absolute atomic E-state index is 11.5. The van der Waals surface area contributed by atoms with Crippen LogP contribution in [0.5, 0.6) is 0 Å². The lowest BCUT2D eigenvalue weighted by Gasteiger charge is -2.56. The molecule has 0 bridgehead atoms. The van der Waals surface area contributed by atoms with Crippen LogP contribution in [-0.2, 0) is 4.74 Å². The van der Waals surface area contributed by atoms with Crippen LogP contribution in [0, 0.1) is 40.4 Å². The van der Waals surface area contributed by atoms with Crippen LogP contribution in [0.4, 0.5) is 0 Å². The standard InChI is InChI=1S/C29H48O3/c1-7-19(17(2)3)9-8-18(4)21-10-11-22-24-23(13-14-27(21,22)5)28(6)15-12-20(30)16-29(28)26(32-29)25(24)31/h17-21,23,25-26,30-31H,7-16H2,1-6H3/t18-,19+,20+,21-,23+,25+,26+,27-,28-,29+/m1/s1. The fourth-order valence-corrected chi connectivity index (χ4v) is 9.53. The van der Waals surface area contributed by atoms with Crippen LogP contribution in [0.3, 0.4) is 0 Å². The Morgan fingerprint density at radius 3 is 2.47 bits per heavy atom. The van der Waals surface area contributed by atoms with Crippen LogP contribution in [-0.4, -0.2) is 34.1 Å². The zero-order valence-electron chi connectivity index (χ0n) is 21.5. The minimum atomic E-state index is -0.451. The summed E-state index contributed by atoms with van der Waals surface area (Å²) >= 11 is 0. The van der Waals surface area contributed by atoms with E-state index in [1.807, 2.05) is 0 Å². The number of fused-ring (bicyclic) bond motifs is 3. The number of aliphatic hydroxyl groups is 2. The number of hydrogen-bond donors (Lipinski definition) is 2. The third-order valence-corrected chi connectivity index (χ3v) is 11.7. The lowest BCUT2D eigenvalue weighted by molar-refractivity contribution is -0.0516. The number of hydrogen-bond acceptors (Lipinski definition) is 3. The van der Waals surface area contributed by atoms with E-state index in [0.29, 0.717) is 5.92 Å². The molecule has 1 heterocycles. The zero-order valence-corrected chi connectivity index (χ0v) is 21.5. The topological polar surface area (TPSA) is 53.0 Å². The Morgan fingerprint density at radius 2 is 1.78 bits per heavy atom. The molecule has 3 nitrogen and oxygen atoms in total. The van der Waals surface area contributed by atoms with Crippen molar-refractivity contribution in [3.05, 3.63) is 11.1 Å². The predicted octanol–water partition coefficient (Wildman–Crippen LogP) is 6.27. The van der Waals surface area contributed by atoms with Crippen molar-refractivity contribution < 1.29 is 14.9 Å². The fraction of sp³-hybridized carbons (Fsp3) is 0.931. The van der Waals surface area contributed by atoms with Gasteiger partial charge in [-0.15, -0.1) is 0 Å². The molecular formula is C29H48O3. The van der Waals surface area contributed by atoms with Gasteiger partial charge in [-0.1, -0.05) is 60.0 Å². The van der Waals surface area contributed by atoms with E-state index in [1.165, 1.54) is 50.5 Å². The monoisotopic (exact) mass is 444 g/mol. The molecule has 182 valence electrons. The first-order chi connectivity index (χ1) is 15.1. The second-order valence-corrected chi connectivity index (χ2v) is 13.2. The van der Waals surface area contributed by atoms with E-state index < -0.39 is 6.10 Å². The highest BCUT2D eigenvalue weighted by Gasteiger charge is 2.77. The quantitative estimate of drug-likeness (QED) is 0.375. The molecule has 1 spiro atoms. The number of ether oxygens (including phenoxy) is 1. The highest BCUT2D eigenvalue weighted by Crippen LogP contribution is 2.72. The molecule has 5 rings (SSSR count). The van der Waals surface area contributed by atoms with Gasteiger partial charge < -0.3 is 14.9 Å². The first kappa shape index (κ1) is 23.4. The molecule has 0 radical (unpaired) electrons. The van der Waals surface area contributed by atoms with Gasteiger partial charge in [0.1, 0.15) is 17.8 Å². The van der Waals surface area contributed by atoms with Crippen molar-refractivity contribution in [2.24, 2.45) is 40.4 Å². The van der Waals surface area contributed by atoms with E-state index in [-0.39, 0.29) is 28.6 Å². The van der Waals surface area contributed by atoms with Gasteiger partial charge in [0.05, 0.1) is 6.10 Å². The third-order valence-electron chi connectivity index (χ3n) is 11.7. The summed E-state index contributed by atoms with van der Waals surface area (Å²) < 4.78 is 6.36. The molecule has 0 aromatic carbocycles. The van der Waals surface area contributed by atoms with Crippen LogP contribution in [0.15, 0.2) is 11.1 Å². The summed E-state index contributed by atoms with van der Waals surface area (Å²) in [5, 5.41) is 21.9. The highest BCUT2D eigenvalue weighted by atomic mass is 16.6. The number of rotatable bonds is 6. The number of epoxide rings is 1. The van der Waals surface area contributed by atoms with Crippen molar-refractivity contribution in [3.63, 3.8) is 0 Å². The van der Waals surface area contributed by atoms with Crippen molar-refractivity contribution in [2.45, 2.75) is 130 Å². The molecule has 0 unspecified atom stereocenters. The lowest BCUT2D eigenvalue weighted by Crippen LogP contribution is -2.57. The molecule has 3 saturated carbocycles. The van der Waals surface area contributed by atoms with Gasteiger partial charge in [0.15, 0.2) is 0 Å². The van der Waals surface area contributed by atoms with Gasteiger partial charge in [0, 0.05) is 11.8 Å². The average molecular weight is 445 g/mol. The van der Waals surface area contributed by atoms with Gasteiger partial charge in [0.2, 0.25) is 0 Å². The first-order valence-electron chi connectivity index (χ1n) is 13.9. The summed E-state index contributed by atoms with van der Waals surface area (Å²) in [5.41, 5.74) is 3.06. The van der Waals surface area contributed by atoms with Gasteiger partial charge in [-0.3, -0.25) is 0 Å². The molecule has 10 atom stereocenters. The lowest BCUT2D eigenvalue weighted by atomic mass is 9.48. The highest BCUT2D eigenvalue weighted by molar-refractivity contribution is 5.43. The largest absolute Gasteiger partial charge is 0.393 e. The van der Waals surface area contributed by atoms with E-state index in [2.05, 4.69) is 41.5 Å². The van der Waals surface area contributed by atoms with Crippen LogP contribution in [0.1, 0.15) is 106 Å². The smallest absolute Gasteiger partial charge is 0.118 e. The zero-order chi connectivity index (χ0) is 23.1. The van der Waals surface area contributed by atoms with Crippen molar-refractivity contribution >= 4 is 0 Å². The summed E-state index contributed by atoms with van der Waals surface area (Å²) in [7, 11) is 0. The second kappa shape index (κ2) is 7.82. The van der Waals surface area contributed by atoms with Crippen LogP contribution >= 0.6 is 0 Å². The van der Waals surface area contributed by atoms with Crippen molar-refractivity contribution in [3.8, 4) is 0 Å². The molecule has 1 aliphatic heterocycles. The summed E-state index contributed by atoms with van der Waals surface area (Å²) in [4.78, 5) is 0. The molecule has 0 amide bonds. The Labute approximate surface area is 196 Å². The summed E-state index contributed by atoms with van der Waals surface area (Å²) in [6.07, 6.45) is 10.7. The Bertz CT molecular complexity index is 772. The first-order valence-corrected chi connectivity index (χ1v) is 13.9. The molecule has 3 heteroatoms. The predicted molar refractivity (Wildman–Crippen MR) is 129 cm³/mol. The Kier molecular flexibility index (Phi) is 5.71. The van der Waals surface area contributed by atoms with Gasteiger partial charge in [-0.25, -0.2) is 0 Å². The van der Waals surface area contributed by atoms with E-state index in [0.717, 1.165) is 42.9 Å². The van der Waals surface area contributed by atoms with Crippen molar-refractivity contribution in [1.29, 1.82) is 0 Å². The van der Waals surface area contributed by atoms with Crippen LogP contribution < -0.4 is 0 Å². The van der Waals surface area contributed by atoms with Crippen LogP contribution in [0.2, 0.25) is 0 Å². The molecule has 4 aliphatic carbocycles. The number of allylic oxidation sites excluding steroid dienone is 1. The maximum atomic E-state index is 11.5. The minimum absolute atomic E-state index is 0.0785. The van der Waals surface area contributed by atoms with E-state index in [4.69, 9.17) is 4.74 Å². The molecule has 5 aliphatic rings. The number of aliphatic hydroxyl groups excluding tert-OH is 2. The van der Waals surface area contributed by atoms with E-state index in [9.17, 15) is 10.2 Å². The van der Waals surface area contributed by atoms with Gasteiger partial charge in [-0.05, 0) is 85.5 Å². The fourth-order valence-electron chi connectivity index (χ4n) is 9.53. The van der Waals surface area contributed by atoms with Gasteiger partial charge in [-0.2, -0.15) is 0 Å². The third kappa shape index (κ3) is 3.09. The molecule has 1 saturated heterocycles. The second-order valence-electron chi connectivity index (χ2n) is 13.2. The van der Waals surface area contributed by atoms with Crippen molar-refractivity contribution in [1.82, 2.24) is 0 Å². The summed E-state index contributed by atoms with van der Waals surface area (Å²) in [5.74, 6) is 3.56. The van der Waals surface area contributed by atoms with Crippen molar-refractivity contribution in [2.75, 3.05) is 0 Å². The Hall–Kier alpha value is -0.380. The average Bonchev–Trinajstić information content (AvgIpc) is 3.36.